The first-order valence-electron chi connectivity index (χ1n) is 3.48. The van der Waals surface area contributed by atoms with Crippen molar-refractivity contribution in [2.75, 3.05) is 6.61 Å². The van der Waals surface area contributed by atoms with E-state index in [1.54, 1.807) is 6.07 Å². The minimum absolute atomic E-state index is 0.631. The van der Waals surface area contributed by atoms with Crippen molar-refractivity contribution in [3.8, 4) is 18.1 Å². The van der Waals surface area contributed by atoms with Gasteiger partial charge in [-0.25, -0.2) is 0 Å². The maximum absolute atomic E-state index is 5.25. The van der Waals surface area contributed by atoms with Crippen LogP contribution in [0, 0.1) is 18.4 Å². The van der Waals surface area contributed by atoms with Crippen LogP contribution in [0.3, 0.4) is 0 Å². The summed E-state index contributed by atoms with van der Waals surface area (Å²) in [6, 6.07) is 8.38. The highest BCUT2D eigenvalue weighted by atomic mass is 16.5. The highest BCUT2D eigenvalue weighted by Crippen LogP contribution is 2.15. The van der Waals surface area contributed by atoms with Gasteiger partial charge in [0, 0.05) is 6.07 Å². The molecule has 0 atom stereocenters. The third-order valence-electron chi connectivity index (χ3n) is 1.26. The van der Waals surface area contributed by atoms with Crippen LogP contribution < -0.4 is 4.74 Å². The van der Waals surface area contributed by atoms with E-state index in [9.17, 15) is 0 Å². The highest BCUT2D eigenvalue weighted by molar-refractivity contribution is 5.43. The van der Waals surface area contributed by atoms with E-state index in [0.29, 0.717) is 12.2 Å². The summed E-state index contributed by atoms with van der Waals surface area (Å²) in [6.45, 7) is 2.56. The molecule has 55 valence electrons. The van der Waals surface area contributed by atoms with Gasteiger partial charge in [0.25, 0.3) is 0 Å². The van der Waals surface area contributed by atoms with Crippen molar-refractivity contribution in [2.24, 2.45) is 0 Å². The van der Waals surface area contributed by atoms with Gasteiger partial charge in [0.1, 0.15) is 5.75 Å². The van der Waals surface area contributed by atoms with Gasteiger partial charge in [-0.1, -0.05) is 18.1 Å². The van der Waals surface area contributed by atoms with Crippen LogP contribution in [-0.4, -0.2) is 6.61 Å². The standard InChI is InChI=1S/C10H9O/c1-3-9-7-5-6-8-10(9)11-4-2/h1,5-6,8H,4H2,2H3. The Hall–Kier alpha value is -1.42. The lowest BCUT2D eigenvalue weighted by Crippen LogP contribution is -1.93. The zero-order chi connectivity index (χ0) is 8.10. The van der Waals surface area contributed by atoms with Crippen LogP contribution in [0.1, 0.15) is 12.5 Å². The summed E-state index contributed by atoms with van der Waals surface area (Å²) in [5, 5.41) is 0. The lowest BCUT2D eigenvalue weighted by Gasteiger charge is -2.03. The Labute approximate surface area is 67.0 Å². The molecule has 0 heterocycles. The number of hydrogen-bond acceptors (Lipinski definition) is 1. The normalized spacial score (nSPS) is 8.73. The summed E-state index contributed by atoms with van der Waals surface area (Å²) in [5.74, 6) is 3.23. The molecule has 0 aliphatic carbocycles. The van der Waals surface area contributed by atoms with E-state index in [0.717, 1.165) is 5.75 Å². The molecule has 0 saturated heterocycles. The lowest BCUT2D eigenvalue weighted by molar-refractivity contribution is 0.339. The fourth-order valence-electron chi connectivity index (χ4n) is 0.810. The van der Waals surface area contributed by atoms with Crippen molar-refractivity contribution in [2.45, 2.75) is 6.92 Å². The Morgan fingerprint density at radius 1 is 1.73 bits per heavy atom. The van der Waals surface area contributed by atoms with Gasteiger partial charge in [-0.15, -0.1) is 6.42 Å². The molecule has 1 heteroatoms. The maximum Gasteiger partial charge on any atom is 0.135 e. The van der Waals surface area contributed by atoms with Crippen LogP contribution in [0.15, 0.2) is 18.2 Å². The number of benzene rings is 1. The molecule has 0 aliphatic heterocycles. The summed E-state index contributed by atoms with van der Waals surface area (Å²) >= 11 is 0. The SMILES string of the molecule is C#Cc1[c]cccc1OCC. The monoisotopic (exact) mass is 145 g/mol. The summed E-state index contributed by atoms with van der Waals surface area (Å²) in [5.41, 5.74) is 0.689. The largest absolute Gasteiger partial charge is 0.493 e. The first kappa shape index (κ1) is 7.68. The van der Waals surface area contributed by atoms with Crippen LogP contribution in [0.4, 0.5) is 0 Å². The second-order valence-corrected chi connectivity index (χ2v) is 1.99. The maximum atomic E-state index is 5.25. The molecule has 0 aliphatic rings. The fraction of sp³-hybridized carbons (Fsp3) is 0.200. The molecule has 11 heavy (non-hydrogen) atoms. The van der Waals surface area contributed by atoms with Crippen molar-refractivity contribution >= 4 is 0 Å². The van der Waals surface area contributed by atoms with Crippen molar-refractivity contribution in [3.05, 3.63) is 29.8 Å². The van der Waals surface area contributed by atoms with Crippen molar-refractivity contribution in [3.63, 3.8) is 0 Å². The Morgan fingerprint density at radius 2 is 2.55 bits per heavy atom. The average Bonchev–Trinajstić information content (AvgIpc) is 2.06. The molecular weight excluding hydrogens is 136 g/mol. The zero-order valence-corrected chi connectivity index (χ0v) is 6.42. The third kappa shape index (κ3) is 1.75. The van der Waals surface area contributed by atoms with Gasteiger partial charge in [0.2, 0.25) is 0 Å². The van der Waals surface area contributed by atoms with Crippen LogP contribution in [-0.2, 0) is 0 Å². The number of ether oxygens (including phenoxy) is 1. The van der Waals surface area contributed by atoms with Gasteiger partial charge < -0.3 is 4.74 Å². The highest BCUT2D eigenvalue weighted by Gasteiger charge is 1.96. The Kier molecular flexibility index (Phi) is 2.57. The third-order valence-corrected chi connectivity index (χ3v) is 1.26. The second kappa shape index (κ2) is 3.68. The summed E-state index contributed by atoms with van der Waals surface area (Å²) in [7, 11) is 0. The van der Waals surface area contributed by atoms with Gasteiger partial charge in [-0.05, 0) is 13.0 Å². The van der Waals surface area contributed by atoms with Crippen LogP contribution in [0.25, 0.3) is 0 Å². The predicted octanol–water partition coefficient (Wildman–Crippen LogP) is 1.87. The molecule has 1 radical (unpaired) electrons. The fourth-order valence-corrected chi connectivity index (χ4v) is 0.810. The first-order chi connectivity index (χ1) is 5.38. The van der Waals surface area contributed by atoms with E-state index in [-0.39, 0.29) is 0 Å². The lowest BCUT2D eigenvalue weighted by atomic mass is 10.2. The van der Waals surface area contributed by atoms with Crippen LogP contribution in [0.5, 0.6) is 5.75 Å². The minimum Gasteiger partial charge on any atom is -0.493 e. The van der Waals surface area contributed by atoms with E-state index < -0.39 is 0 Å². The van der Waals surface area contributed by atoms with Gasteiger partial charge in [-0.2, -0.15) is 0 Å². The molecule has 0 amide bonds. The second-order valence-electron chi connectivity index (χ2n) is 1.99. The summed E-state index contributed by atoms with van der Waals surface area (Å²) in [6.07, 6.45) is 5.22. The molecule has 1 aromatic rings. The molecule has 1 nitrogen and oxygen atoms in total. The summed E-state index contributed by atoms with van der Waals surface area (Å²) < 4.78 is 5.25. The summed E-state index contributed by atoms with van der Waals surface area (Å²) in [4.78, 5) is 0. The molecule has 0 spiro atoms. The minimum atomic E-state index is 0.631. The average molecular weight is 145 g/mol. The molecule has 0 fully saturated rings. The zero-order valence-electron chi connectivity index (χ0n) is 6.42. The molecule has 0 N–H and O–H groups in total. The quantitative estimate of drug-likeness (QED) is 0.577. The van der Waals surface area contributed by atoms with Gasteiger partial charge >= 0.3 is 0 Å². The number of rotatable bonds is 2. The number of terminal acetylenes is 1. The van der Waals surface area contributed by atoms with Crippen molar-refractivity contribution < 1.29 is 4.74 Å². The number of hydrogen-bond donors (Lipinski definition) is 0. The predicted molar refractivity (Wildman–Crippen MR) is 44.4 cm³/mol. The van der Waals surface area contributed by atoms with E-state index in [4.69, 9.17) is 11.2 Å². The topological polar surface area (TPSA) is 9.23 Å². The van der Waals surface area contributed by atoms with E-state index in [1.807, 2.05) is 19.1 Å². The van der Waals surface area contributed by atoms with E-state index >= 15 is 0 Å². The van der Waals surface area contributed by atoms with Crippen LogP contribution >= 0.6 is 0 Å². The smallest absolute Gasteiger partial charge is 0.135 e. The molecule has 0 aromatic heterocycles. The van der Waals surface area contributed by atoms with Crippen molar-refractivity contribution in [1.29, 1.82) is 0 Å². The van der Waals surface area contributed by atoms with E-state index in [1.165, 1.54) is 0 Å². The van der Waals surface area contributed by atoms with Crippen molar-refractivity contribution in [1.82, 2.24) is 0 Å². The molecule has 0 saturated carbocycles. The Bertz CT molecular complexity index is 270. The molecule has 0 unspecified atom stereocenters. The molecule has 0 bridgehead atoms. The Balaban J connectivity index is 2.95. The van der Waals surface area contributed by atoms with E-state index in [2.05, 4.69) is 12.0 Å². The molecular formula is C10H9O. The van der Waals surface area contributed by atoms with Gasteiger partial charge in [0.05, 0.1) is 12.2 Å². The van der Waals surface area contributed by atoms with Crippen LogP contribution in [0.2, 0.25) is 0 Å². The van der Waals surface area contributed by atoms with Gasteiger partial charge in [0.15, 0.2) is 0 Å². The first-order valence-corrected chi connectivity index (χ1v) is 3.48. The molecule has 1 rings (SSSR count). The molecule has 1 aromatic carbocycles. The van der Waals surface area contributed by atoms with Gasteiger partial charge in [-0.3, -0.25) is 0 Å². The Morgan fingerprint density at radius 3 is 3.18 bits per heavy atom.